The molecule has 0 aromatic heterocycles. The van der Waals surface area contributed by atoms with E-state index in [0.717, 1.165) is 15.8 Å². The summed E-state index contributed by atoms with van der Waals surface area (Å²) in [6.07, 6.45) is 0. The van der Waals surface area contributed by atoms with Crippen molar-refractivity contribution in [3.05, 3.63) is 22.7 Å². The third kappa shape index (κ3) is 3.72. The van der Waals surface area contributed by atoms with E-state index in [2.05, 4.69) is 21.2 Å². The van der Waals surface area contributed by atoms with Crippen LogP contribution in [0.4, 0.5) is 11.4 Å². The highest BCUT2D eigenvalue weighted by atomic mass is 79.9. The zero-order valence-corrected chi connectivity index (χ0v) is 10.6. The molecule has 0 unspecified atom stereocenters. The summed E-state index contributed by atoms with van der Waals surface area (Å²) in [6, 6.07) is 5.63. The van der Waals surface area contributed by atoms with Crippen molar-refractivity contribution < 1.29 is 5.11 Å². The molecule has 1 aromatic carbocycles. The molecule has 4 N–H and O–H groups in total. The lowest BCUT2D eigenvalue weighted by molar-refractivity contribution is 0.171. The molecule has 0 aliphatic carbocycles. The number of nitrogens with one attached hydrogen (secondary N) is 1. The first-order valence-electron chi connectivity index (χ1n) is 4.84. The molecular weight excluding hydrogens is 256 g/mol. The number of aliphatic hydroxyl groups excluding tert-OH is 1. The molecule has 0 atom stereocenters. The fourth-order valence-electron chi connectivity index (χ4n) is 1.07. The highest BCUT2D eigenvalue weighted by Crippen LogP contribution is 2.26. The minimum atomic E-state index is -0.124. The third-order valence-corrected chi connectivity index (χ3v) is 2.83. The molecule has 0 saturated heterocycles. The van der Waals surface area contributed by atoms with Gasteiger partial charge in [-0.15, -0.1) is 0 Å². The van der Waals surface area contributed by atoms with Crippen LogP contribution in [0.2, 0.25) is 0 Å². The summed E-state index contributed by atoms with van der Waals surface area (Å²) in [5.41, 5.74) is 7.24. The lowest BCUT2D eigenvalue weighted by atomic mass is 9.95. The van der Waals surface area contributed by atoms with Crippen molar-refractivity contribution in [2.75, 3.05) is 24.2 Å². The molecule has 0 aliphatic rings. The predicted molar refractivity (Wildman–Crippen MR) is 67.9 cm³/mol. The van der Waals surface area contributed by atoms with E-state index in [1.165, 1.54) is 0 Å². The minimum Gasteiger partial charge on any atom is -0.399 e. The smallest absolute Gasteiger partial charge is 0.0498 e. The Kier molecular flexibility index (Phi) is 3.99. The van der Waals surface area contributed by atoms with Gasteiger partial charge in [-0.1, -0.05) is 13.8 Å². The molecule has 0 radical (unpaired) electrons. The topological polar surface area (TPSA) is 58.3 Å². The number of nitrogens with two attached hydrogens (primary N) is 1. The van der Waals surface area contributed by atoms with E-state index in [-0.39, 0.29) is 12.0 Å². The molecule has 0 spiro atoms. The first-order chi connectivity index (χ1) is 6.94. The van der Waals surface area contributed by atoms with Crippen molar-refractivity contribution in [3.8, 4) is 0 Å². The highest BCUT2D eigenvalue weighted by molar-refractivity contribution is 9.10. The molecule has 0 heterocycles. The van der Waals surface area contributed by atoms with Gasteiger partial charge in [0.2, 0.25) is 0 Å². The van der Waals surface area contributed by atoms with Crippen LogP contribution in [0.15, 0.2) is 22.7 Å². The SMILES string of the molecule is CC(C)(CO)CNc1ccc(N)cc1Br. The first kappa shape index (κ1) is 12.3. The van der Waals surface area contributed by atoms with Crippen molar-refractivity contribution in [2.45, 2.75) is 13.8 Å². The van der Waals surface area contributed by atoms with Crippen LogP contribution >= 0.6 is 15.9 Å². The second-order valence-electron chi connectivity index (χ2n) is 4.42. The van der Waals surface area contributed by atoms with Gasteiger partial charge in [0.1, 0.15) is 0 Å². The van der Waals surface area contributed by atoms with Crippen LogP contribution in [0.5, 0.6) is 0 Å². The van der Waals surface area contributed by atoms with E-state index >= 15 is 0 Å². The van der Waals surface area contributed by atoms with Gasteiger partial charge in [-0.25, -0.2) is 0 Å². The molecule has 0 bridgehead atoms. The predicted octanol–water partition coefficient (Wildman–Crippen LogP) is 2.46. The van der Waals surface area contributed by atoms with Gasteiger partial charge in [0.15, 0.2) is 0 Å². The molecule has 3 nitrogen and oxygen atoms in total. The van der Waals surface area contributed by atoms with Crippen molar-refractivity contribution in [3.63, 3.8) is 0 Å². The normalized spacial score (nSPS) is 11.5. The Hall–Kier alpha value is -0.740. The van der Waals surface area contributed by atoms with Gasteiger partial charge >= 0.3 is 0 Å². The molecule has 1 aromatic rings. The Balaban J connectivity index is 2.66. The Morgan fingerprint density at radius 2 is 2.13 bits per heavy atom. The molecule has 0 amide bonds. The molecular formula is C11H17BrN2O. The van der Waals surface area contributed by atoms with Crippen LogP contribution < -0.4 is 11.1 Å². The quantitative estimate of drug-likeness (QED) is 0.738. The Labute approximate surface area is 98.8 Å². The lowest BCUT2D eigenvalue weighted by Gasteiger charge is -2.23. The van der Waals surface area contributed by atoms with E-state index in [1.807, 2.05) is 32.0 Å². The Morgan fingerprint density at radius 1 is 1.47 bits per heavy atom. The van der Waals surface area contributed by atoms with Gasteiger partial charge in [0.05, 0.1) is 0 Å². The number of benzene rings is 1. The fourth-order valence-corrected chi connectivity index (χ4v) is 1.60. The van der Waals surface area contributed by atoms with E-state index < -0.39 is 0 Å². The number of nitrogen functional groups attached to an aromatic ring is 1. The minimum absolute atomic E-state index is 0.124. The maximum Gasteiger partial charge on any atom is 0.0498 e. The number of halogens is 1. The largest absolute Gasteiger partial charge is 0.399 e. The summed E-state index contributed by atoms with van der Waals surface area (Å²) >= 11 is 3.43. The monoisotopic (exact) mass is 272 g/mol. The first-order valence-corrected chi connectivity index (χ1v) is 5.64. The van der Waals surface area contributed by atoms with Crippen LogP contribution in [-0.2, 0) is 0 Å². The summed E-state index contributed by atoms with van der Waals surface area (Å²) in [4.78, 5) is 0. The summed E-state index contributed by atoms with van der Waals surface area (Å²) in [5, 5.41) is 12.4. The number of hydrogen-bond donors (Lipinski definition) is 3. The maximum absolute atomic E-state index is 9.11. The Bertz CT molecular complexity index is 339. The fraction of sp³-hybridized carbons (Fsp3) is 0.455. The van der Waals surface area contributed by atoms with Gasteiger partial charge < -0.3 is 16.2 Å². The molecule has 0 aliphatic heterocycles. The van der Waals surface area contributed by atoms with Crippen LogP contribution in [0.3, 0.4) is 0 Å². The van der Waals surface area contributed by atoms with E-state index in [1.54, 1.807) is 0 Å². The summed E-state index contributed by atoms with van der Waals surface area (Å²) in [7, 11) is 0. The summed E-state index contributed by atoms with van der Waals surface area (Å²) in [6.45, 7) is 4.88. The number of hydrogen-bond acceptors (Lipinski definition) is 3. The van der Waals surface area contributed by atoms with Crippen LogP contribution in [0.25, 0.3) is 0 Å². The van der Waals surface area contributed by atoms with Crippen LogP contribution in [-0.4, -0.2) is 18.3 Å². The zero-order valence-electron chi connectivity index (χ0n) is 9.05. The van der Waals surface area contributed by atoms with Crippen molar-refractivity contribution in [1.29, 1.82) is 0 Å². The average molecular weight is 273 g/mol. The van der Waals surface area contributed by atoms with Crippen molar-refractivity contribution in [2.24, 2.45) is 5.41 Å². The van der Waals surface area contributed by atoms with Gasteiger partial charge in [-0.05, 0) is 34.1 Å². The second kappa shape index (κ2) is 4.86. The summed E-state index contributed by atoms with van der Waals surface area (Å²) < 4.78 is 0.941. The van der Waals surface area contributed by atoms with Gasteiger partial charge in [0, 0.05) is 34.4 Å². The molecule has 0 saturated carbocycles. The molecule has 4 heteroatoms. The summed E-state index contributed by atoms with van der Waals surface area (Å²) in [5.74, 6) is 0. The highest BCUT2D eigenvalue weighted by Gasteiger charge is 2.16. The zero-order chi connectivity index (χ0) is 11.5. The maximum atomic E-state index is 9.11. The Morgan fingerprint density at radius 3 is 2.67 bits per heavy atom. The number of anilines is 2. The third-order valence-electron chi connectivity index (χ3n) is 2.18. The van der Waals surface area contributed by atoms with Crippen molar-refractivity contribution >= 4 is 27.3 Å². The van der Waals surface area contributed by atoms with Crippen LogP contribution in [0.1, 0.15) is 13.8 Å². The van der Waals surface area contributed by atoms with E-state index in [0.29, 0.717) is 6.54 Å². The molecule has 0 fully saturated rings. The molecule has 84 valence electrons. The van der Waals surface area contributed by atoms with Gasteiger partial charge in [-0.3, -0.25) is 0 Å². The lowest BCUT2D eigenvalue weighted by Crippen LogP contribution is -2.26. The van der Waals surface area contributed by atoms with Gasteiger partial charge in [0.25, 0.3) is 0 Å². The second-order valence-corrected chi connectivity index (χ2v) is 5.27. The molecule has 1 rings (SSSR count). The van der Waals surface area contributed by atoms with Crippen molar-refractivity contribution in [1.82, 2.24) is 0 Å². The average Bonchev–Trinajstić information content (AvgIpc) is 2.16. The van der Waals surface area contributed by atoms with E-state index in [4.69, 9.17) is 10.8 Å². The number of aliphatic hydroxyl groups is 1. The van der Waals surface area contributed by atoms with E-state index in [9.17, 15) is 0 Å². The standard InChI is InChI=1S/C11H17BrN2O/c1-11(2,7-15)6-14-10-4-3-8(13)5-9(10)12/h3-5,14-15H,6-7,13H2,1-2H3. The number of rotatable bonds is 4. The van der Waals surface area contributed by atoms with Crippen LogP contribution in [0, 0.1) is 5.41 Å². The molecule has 15 heavy (non-hydrogen) atoms. The van der Waals surface area contributed by atoms with Gasteiger partial charge in [-0.2, -0.15) is 0 Å².